The number of rotatable bonds is 3. The Labute approximate surface area is 94.7 Å². The summed E-state index contributed by atoms with van der Waals surface area (Å²) in [7, 11) is 1.61. The number of pyridine rings is 1. The standard InChI is InChI=1S/C13H15NO2/c1-9(15)7-10-3-4-11-5-6-14-13(16-2)12(11)8-10/h3-6,8-9,15H,7H2,1-2H3. The zero-order valence-electron chi connectivity index (χ0n) is 9.47. The van der Waals surface area contributed by atoms with Gasteiger partial charge in [-0.3, -0.25) is 0 Å². The van der Waals surface area contributed by atoms with Crippen LogP contribution in [0.4, 0.5) is 0 Å². The normalized spacial score (nSPS) is 12.7. The first-order valence-corrected chi connectivity index (χ1v) is 5.30. The molecule has 0 saturated heterocycles. The van der Waals surface area contributed by atoms with Crippen molar-refractivity contribution in [2.24, 2.45) is 0 Å². The second kappa shape index (κ2) is 4.49. The smallest absolute Gasteiger partial charge is 0.221 e. The largest absolute Gasteiger partial charge is 0.481 e. The highest BCUT2D eigenvalue weighted by Gasteiger charge is 2.05. The van der Waals surface area contributed by atoms with Crippen molar-refractivity contribution in [2.45, 2.75) is 19.4 Å². The summed E-state index contributed by atoms with van der Waals surface area (Å²) in [6.45, 7) is 1.78. The maximum Gasteiger partial charge on any atom is 0.221 e. The van der Waals surface area contributed by atoms with Crippen molar-refractivity contribution in [3.8, 4) is 5.88 Å². The van der Waals surface area contributed by atoms with Crippen LogP contribution in [0.5, 0.6) is 5.88 Å². The van der Waals surface area contributed by atoms with Crippen molar-refractivity contribution in [1.29, 1.82) is 0 Å². The predicted octanol–water partition coefficient (Wildman–Crippen LogP) is 2.17. The molecular formula is C13H15NO2. The van der Waals surface area contributed by atoms with E-state index in [9.17, 15) is 5.11 Å². The van der Waals surface area contributed by atoms with Crippen LogP contribution < -0.4 is 4.74 Å². The molecule has 1 aromatic heterocycles. The van der Waals surface area contributed by atoms with Crippen LogP contribution in [0.1, 0.15) is 12.5 Å². The van der Waals surface area contributed by atoms with Crippen LogP contribution in [0.2, 0.25) is 0 Å². The summed E-state index contributed by atoms with van der Waals surface area (Å²) in [5.41, 5.74) is 1.09. The van der Waals surface area contributed by atoms with E-state index in [2.05, 4.69) is 4.98 Å². The van der Waals surface area contributed by atoms with Gasteiger partial charge in [-0.2, -0.15) is 0 Å². The molecule has 3 heteroatoms. The van der Waals surface area contributed by atoms with Crippen LogP contribution in [0.15, 0.2) is 30.5 Å². The Morgan fingerprint density at radius 2 is 2.19 bits per heavy atom. The molecule has 1 heterocycles. The molecule has 2 aromatic rings. The van der Waals surface area contributed by atoms with Gasteiger partial charge in [0.15, 0.2) is 0 Å². The molecule has 1 N–H and O–H groups in total. The number of ether oxygens (including phenoxy) is 1. The van der Waals surface area contributed by atoms with Gasteiger partial charge in [-0.25, -0.2) is 4.98 Å². The molecule has 0 amide bonds. The van der Waals surface area contributed by atoms with E-state index in [4.69, 9.17) is 4.74 Å². The van der Waals surface area contributed by atoms with Gasteiger partial charge >= 0.3 is 0 Å². The van der Waals surface area contributed by atoms with E-state index in [0.717, 1.165) is 16.3 Å². The van der Waals surface area contributed by atoms with E-state index in [0.29, 0.717) is 12.3 Å². The molecule has 0 aliphatic rings. The molecule has 0 aliphatic carbocycles. The summed E-state index contributed by atoms with van der Waals surface area (Å²) in [6.07, 6.45) is 2.05. The first-order chi connectivity index (χ1) is 7.70. The average molecular weight is 217 g/mol. The molecular weight excluding hydrogens is 202 g/mol. The quantitative estimate of drug-likeness (QED) is 0.856. The summed E-state index contributed by atoms with van der Waals surface area (Å²) in [5.74, 6) is 0.630. The number of benzene rings is 1. The number of aliphatic hydroxyl groups excluding tert-OH is 1. The first kappa shape index (κ1) is 10.9. The monoisotopic (exact) mass is 217 g/mol. The molecule has 0 bridgehead atoms. The van der Waals surface area contributed by atoms with E-state index in [1.165, 1.54) is 0 Å². The summed E-state index contributed by atoms with van der Waals surface area (Å²) < 4.78 is 5.21. The minimum Gasteiger partial charge on any atom is -0.481 e. The van der Waals surface area contributed by atoms with Crippen LogP contribution in [0.3, 0.4) is 0 Å². The van der Waals surface area contributed by atoms with Gasteiger partial charge in [-0.05, 0) is 36.4 Å². The summed E-state index contributed by atoms with van der Waals surface area (Å²) >= 11 is 0. The minimum atomic E-state index is -0.333. The molecule has 0 radical (unpaired) electrons. The Balaban J connectivity index is 2.50. The SMILES string of the molecule is COc1nccc2ccc(CC(C)O)cc12. The highest BCUT2D eigenvalue weighted by Crippen LogP contribution is 2.24. The Kier molecular flexibility index (Phi) is 3.06. The molecule has 1 aromatic carbocycles. The number of aliphatic hydroxyl groups is 1. The van der Waals surface area contributed by atoms with Gasteiger partial charge in [-0.1, -0.05) is 12.1 Å². The van der Waals surface area contributed by atoms with Crippen molar-refractivity contribution < 1.29 is 9.84 Å². The predicted molar refractivity (Wildman–Crippen MR) is 63.7 cm³/mol. The van der Waals surface area contributed by atoms with Crippen LogP contribution in [0, 0.1) is 0 Å². The zero-order valence-corrected chi connectivity index (χ0v) is 9.47. The Bertz CT molecular complexity index is 494. The van der Waals surface area contributed by atoms with E-state index in [1.807, 2.05) is 24.3 Å². The Morgan fingerprint density at radius 1 is 1.38 bits per heavy atom. The summed E-state index contributed by atoms with van der Waals surface area (Å²) in [6, 6.07) is 8.02. The average Bonchev–Trinajstić information content (AvgIpc) is 2.27. The zero-order chi connectivity index (χ0) is 11.5. The summed E-state index contributed by atoms with van der Waals surface area (Å²) in [4.78, 5) is 4.16. The molecule has 84 valence electrons. The van der Waals surface area contributed by atoms with Gasteiger partial charge in [0.25, 0.3) is 0 Å². The maximum absolute atomic E-state index is 9.36. The molecule has 16 heavy (non-hydrogen) atoms. The molecule has 2 rings (SSSR count). The lowest BCUT2D eigenvalue weighted by Crippen LogP contribution is -2.04. The Morgan fingerprint density at radius 3 is 2.88 bits per heavy atom. The number of fused-ring (bicyclic) bond motifs is 1. The number of aromatic nitrogens is 1. The van der Waals surface area contributed by atoms with Crippen molar-refractivity contribution in [3.63, 3.8) is 0 Å². The lowest BCUT2D eigenvalue weighted by molar-refractivity contribution is 0.195. The second-order valence-corrected chi connectivity index (χ2v) is 3.93. The van der Waals surface area contributed by atoms with Gasteiger partial charge in [0, 0.05) is 11.6 Å². The maximum atomic E-state index is 9.36. The molecule has 0 saturated carbocycles. The molecule has 0 aliphatic heterocycles. The van der Waals surface area contributed by atoms with E-state index in [1.54, 1.807) is 20.2 Å². The second-order valence-electron chi connectivity index (χ2n) is 3.93. The molecule has 0 fully saturated rings. The number of hydrogen-bond donors (Lipinski definition) is 1. The van der Waals surface area contributed by atoms with Gasteiger partial charge in [0.1, 0.15) is 0 Å². The number of methoxy groups -OCH3 is 1. The minimum absolute atomic E-state index is 0.333. The summed E-state index contributed by atoms with van der Waals surface area (Å²) in [5, 5.41) is 11.4. The van der Waals surface area contributed by atoms with Crippen LogP contribution in [-0.2, 0) is 6.42 Å². The van der Waals surface area contributed by atoms with Gasteiger partial charge in [0.2, 0.25) is 5.88 Å². The van der Waals surface area contributed by atoms with E-state index >= 15 is 0 Å². The number of nitrogens with zero attached hydrogens (tertiary/aromatic N) is 1. The topological polar surface area (TPSA) is 42.4 Å². The fourth-order valence-corrected chi connectivity index (χ4v) is 1.82. The lowest BCUT2D eigenvalue weighted by Gasteiger charge is -2.08. The van der Waals surface area contributed by atoms with Crippen molar-refractivity contribution >= 4 is 10.8 Å². The van der Waals surface area contributed by atoms with E-state index in [-0.39, 0.29) is 6.10 Å². The number of hydrogen-bond acceptors (Lipinski definition) is 3. The van der Waals surface area contributed by atoms with E-state index < -0.39 is 0 Å². The van der Waals surface area contributed by atoms with Crippen molar-refractivity contribution in [1.82, 2.24) is 4.98 Å². The van der Waals surface area contributed by atoms with Crippen molar-refractivity contribution in [3.05, 3.63) is 36.0 Å². The van der Waals surface area contributed by atoms with Gasteiger partial charge in [0.05, 0.1) is 13.2 Å². The Hall–Kier alpha value is -1.61. The molecule has 0 spiro atoms. The molecule has 1 unspecified atom stereocenters. The lowest BCUT2D eigenvalue weighted by atomic mass is 10.0. The van der Waals surface area contributed by atoms with Crippen LogP contribution in [-0.4, -0.2) is 23.3 Å². The third kappa shape index (κ3) is 2.14. The first-order valence-electron chi connectivity index (χ1n) is 5.30. The third-order valence-electron chi connectivity index (χ3n) is 2.52. The molecule has 1 atom stereocenters. The van der Waals surface area contributed by atoms with Gasteiger partial charge < -0.3 is 9.84 Å². The van der Waals surface area contributed by atoms with Crippen LogP contribution in [0.25, 0.3) is 10.8 Å². The highest BCUT2D eigenvalue weighted by molar-refractivity contribution is 5.87. The van der Waals surface area contributed by atoms with Crippen LogP contribution >= 0.6 is 0 Å². The van der Waals surface area contributed by atoms with Gasteiger partial charge in [-0.15, -0.1) is 0 Å². The highest BCUT2D eigenvalue weighted by atomic mass is 16.5. The fourth-order valence-electron chi connectivity index (χ4n) is 1.82. The van der Waals surface area contributed by atoms with Crippen molar-refractivity contribution in [2.75, 3.05) is 7.11 Å². The fraction of sp³-hybridized carbons (Fsp3) is 0.308. The molecule has 3 nitrogen and oxygen atoms in total. The third-order valence-corrected chi connectivity index (χ3v) is 2.52.